The van der Waals surface area contributed by atoms with Gasteiger partial charge >= 0.3 is 0 Å². The summed E-state index contributed by atoms with van der Waals surface area (Å²) in [5.41, 5.74) is 0.648. The summed E-state index contributed by atoms with van der Waals surface area (Å²) < 4.78 is 13.5. The number of rotatable bonds is 3. The molecule has 0 spiro atoms. The van der Waals surface area contributed by atoms with E-state index in [2.05, 4.69) is 0 Å². The molecule has 2 aromatic carbocycles. The summed E-state index contributed by atoms with van der Waals surface area (Å²) in [6.07, 6.45) is 0. The van der Waals surface area contributed by atoms with Gasteiger partial charge in [0.1, 0.15) is 11.6 Å². The second kappa shape index (κ2) is 5.52. The maximum absolute atomic E-state index is 13.5. The van der Waals surface area contributed by atoms with E-state index >= 15 is 0 Å². The van der Waals surface area contributed by atoms with E-state index in [4.69, 9.17) is 0 Å². The van der Waals surface area contributed by atoms with Crippen molar-refractivity contribution in [3.8, 4) is 5.75 Å². The number of carbonyl (C=O) groups is 1. The Bertz CT molecular complexity index is 598. The van der Waals surface area contributed by atoms with Crippen LogP contribution in [-0.2, 0) is 6.54 Å². The van der Waals surface area contributed by atoms with E-state index < -0.39 is 11.7 Å². The van der Waals surface area contributed by atoms with Crippen molar-refractivity contribution >= 4 is 5.91 Å². The van der Waals surface area contributed by atoms with Crippen LogP contribution in [0.2, 0.25) is 0 Å². The summed E-state index contributed by atoms with van der Waals surface area (Å²) in [5, 5.41) is 9.65. The van der Waals surface area contributed by atoms with Crippen molar-refractivity contribution in [1.29, 1.82) is 0 Å². The molecule has 0 fully saturated rings. The van der Waals surface area contributed by atoms with Gasteiger partial charge in [-0.1, -0.05) is 30.3 Å². The fraction of sp³-hybridized carbons (Fsp3) is 0.133. The molecule has 3 nitrogen and oxygen atoms in total. The van der Waals surface area contributed by atoms with Crippen LogP contribution in [0.5, 0.6) is 5.75 Å². The van der Waals surface area contributed by atoms with Crippen molar-refractivity contribution in [2.24, 2.45) is 0 Å². The standard InChI is InChI=1S/C15H14FNO2/c1-17(10-11-6-2-5-9-14(11)18)15(19)12-7-3-4-8-13(12)16/h2-9,18H,10H2,1H3. The second-order valence-electron chi connectivity index (χ2n) is 4.27. The van der Waals surface area contributed by atoms with E-state index in [1.54, 1.807) is 37.4 Å². The molecule has 0 aliphatic carbocycles. The highest BCUT2D eigenvalue weighted by atomic mass is 19.1. The van der Waals surface area contributed by atoms with Crippen LogP contribution in [0.4, 0.5) is 4.39 Å². The van der Waals surface area contributed by atoms with E-state index in [1.807, 2.05) is 0 Å². The predicted octanol–water partition coefficient (Wildman–Crippen LogP) is 2.80. The minimum atomic E-state index is -0.545. The number of amides is 1. The lowest BCUT2D eigenvalue weighted by Crippen LogP contribution is -2.27. The summed E-state index contributed by atoms with van der Waals surface area (Å²) in [6.45, 7) is 0.222. The van der Waals surface area contributed by atoms with Gasteiger partial charge in [0.25, 0.3) is 5.91 Å². The number of phenols is 1. The Kier molecular flexibility index (Phi) is 3.80. The Balaban J connectivity index is 2.17. The lowest BCUT2D eigenvalue weighted by atomic mass is 10.1. The number of aromatic hydroxyl groups is 1. The Morgan fingerprint density at radius 3 is 2.47 bits per heavy atom. The van der Waals surface area contributed by atoms with Gasteiger partial charge in [-0.15, -0.1) is 0 Å². The smallest absolute Gasteiger partial charge is 0.256 e. The van der Waals surface area contributed by atoms with Crippen molar-refractivity contribution in [3.05, 3.63) is 65.5 Å². The van der Waals surface area contributed by atoms with Gasteiger partial charge in [-0.05, 0) is 18.2 Å². The molecule has 1 N–H and O–H groups in total. The molecule has 0 aliphatic rings. The number of carbonyl (C=O) groups excluding carboxylic acids is 1. The van der Waals surface area contributed by atoms with Crippen LogP contribution in [0, 0.1) is 5.82 Å². The maximum Gasteiger partial charge on any atom is 0.256 e. The fourth-order valence-electron chi connectivity index (χ4n) is 1.81. The first-order chi connectivity index (χ1) is 9.09. The molecule has 19 heavy (non-hydrogen) atoms. The van der Waals surface area contributed by atoms with Crippen LogP contribution in [-0.4, -0.2) is 23.0 Å². The van der Waals surface area contributed by atoms with Gasteiger partial charge in [0.2, 0.25) is 0 Å². The Labute approximate surface area is 110 Å². The monoisotopic (exact) mass is 259 g/mol. The molecule has 4 heteroatoms. The summed E-state index contributed by atoms with van der Waals surface area (Å²) in [4.78, 5) is 13.5. The molecule has 0 unspecified atom stereocenters. The van der Waals surface area contributed by atoms with Gasteiger partial charge in [0, 0.05) is 19.2 Å². The van der Waals surface area contributed by atoms with Gasteiger partial charge in [-0.3, -0.25) is 4.79 Å². The van der Waals surface area contributed by atoms with E-state index in [0.29, 0.717) is 5.56 Å². The third-order valence-electron chi connectivity index (χ3n) is 2.85. The SMILES string of the molecule is CN(Cc1ccccc1O)C(=O)c1ccccc1F. The minimum Gasteiger partial charge on any atom is -0.508 e. The van der Waals surface area contributed by atoms with Gasteiger partial charge in [-0.2, -0.15) is 0 Å². The number of phenolic OH excluding ortho intramolecular Hbond substituents is 1. The number of para-hydroxylation sites is 1. The van der Waals surface area contributed by atoms with E-state index in [1.165, 1.54) is 23.1 Å². The Morgan fingerprint density at radius 1 is 1.16 bits per heavy atom. The molecular weight excluding hydrogens is 245 g/mol. The van der Waals surface area contributed by atoms with E-state index in [0.717, 1.165) is 0 Å². The van der Waals surface area contributed by atoms with Gasteiger partial charge in [-0.25, -0.2) is 4.39 Å². The molecule has 0 aromatic heterocycles. The molecule has 2 aromatic rings. The predicted molar refractivity (Wildman–Crippen MR) is 70.3 cm³/mol. The highest BCUT2D eigenvalue weighted by molar-refractivity contribution is 5.94. The van der Waals surface area contributed by atoms with Crippen molar-refractivity contribution in [2.45, 2.75) is 6.54 Å². The van der Waals surface area contributed by atoms with Gasteiger partial charge in [0.15, 0.2) is 0 Å². The van der Waals surface area contributed by atoms with E-state index in [9.17, 15) is 14.3 Å². The first kappa shape index (κ1) is 13.1. The van der Waals surface area contributed by atoms with Crippen LogP contribution >= 0.6 is 0 Å². The molecule has 0 saturated carbocycles. The number of benzene rings is 2. The molecule has 0 saturated heterocycles. The van der Waals surface area contributed by atoms with Crippen molar-refractivity contribution < 1.29 is 14.3 Å². The highest BCUT2D eigenvalue weighted by Gasteiger charge is 2.16. The molecule has 0 aliphatic heterocycles. The molecule has 98 valence electrons. The van der Waals surface area contributed by atoms with Crippen LogP contribution in [0.3, 0.4) is 0 Å². The van der Waals surface area contributed by atoms with Crippen LogP contribution in [0.1, 0.15) is 15.9 Å². The number of nitrogens with zero attached hydrogens (tertiary/aromatic N) is 1. The number of halogens is 1. The largest absolute Gasteiger partial charge is 0.508 e. The third-order valence-corrected chi connectivity index (χ3v) is 2.85. The average Bonchev–Trinajstić information content (AvgIpc) is 2.41. The molecule has 1 amide bonds. The Hall–Kier alpha value is -2.36. The maximum atomic E-state index is 13.5. The van der Waals surface area contributed by atoms with Gasteiger partial charge < -0.3 is 10.0 Å². The van der Waals surface area contributed by atoms with Crippen LogP contribution in [0.25, 0.3) is 0 Å². The normalized spacial score (nSPS) is 10.2. The zero-order chi connectivity index (χ0) is 13.8. The van der Waals surface area contributed by atoms with Crippen molar-refractivity contribution in [3.63, 3.8) is 0 Å². The lowest BCUT2D eigenvalue weighted by molar-refractivity contribution is 0.0779. The second-order valence-corrected chi connectivity index (χ2v) is 4.27. The molecule has 0 bridgehead atoms. The molecule has 0 heterocycles. The van der Waals surface area contributed by atoms with Crippen molar-refractivity contribution in [1.82, 2.24) is 4.90 Å². The lowest BCUT2D eigenvalue weighted by Gasteiger charge is -2.18. The average molecular weight is 259 g/mol. The quantitative estimate of drug-likeness (QED) is 0.920. The molecule has 0 radical (unpaired) electrons. The molecular formula is C15H14FNO2. The first-order valence-electron chi connectivity index (χ1n) is 5.86. The Morgan fingerprint density at radius 2 is 1.79 bits per heavy atom. The van der Waals surface area contributed by atoms with E-state index in [-0.39, 0.29) is 17.9 Å². The van der Waals surface area contributed by atoms with Crippen LogP contribution < -0.4 is 0 Å². The van der Waals surface area contributed by atoms with Crippen molar-refractivity contribution in [2.75, 3.05) is 7.05 Å². The van der Waals surface area contributed by atoms with Crippen LogP contribution in [0.15, 0.2) is 48.5 Å². The zero-order valence-electron chi connectivity index (χ0n) is 10.5. The first-order valence-corrected chi connectivity index (χ1v) is 5.86. The molecule has 2 rings (SSSR count). The topological polar surface area (TPSA) is 40.5 Å². The van der Waals surface area contributed by atoms with Gasteiger partial charge in [0.05, 0.1) is 5.56 Å². The number of hydrogen-bond donors (Lipinski definition) is 1. The summed E-state index contributed by atoms with van der Waals surface area (Å²) in [5.74, 6) is -0.839. The highest BCUT2D eigenvalue weighted by Crippen LogP contribution is 2.18. The fourth-order valence-corrected chi connectivity index (χ4v) is 1.81. The minimum absolute atomic E-state index is 0.0282. The zero-order valence-corrected chi connectivity index (χ0v) is 10.5. The summed E-state index contributed by atoms with van der Waals surface area (Å²) >= 11 is 0. The third kappa shape index (κ3) is 2.91. The summed E-state index contributed by atoms with van der Waals surface area (Å²) in [7, 11) is 1.57. The number of hydrogen-bond acceptors (Lipinski definition) is 2. The molecule has 0 atom stereocenters. The summed E-state index contributed by atoms with van der Waals surface area (Å²) in [6, 6.07) is 12.6.